The summed E-state index contributed by atoms with van der Waals surface area (Å²) >= 11 is 1.62. The summed E-state index contributed by atoms with van der Waals surface area (Å²) < 4.78 is 1.77. The monoisotopic (exact) mass is 362 g/mol. The summed E-state index contributed by atoms with van der Waals surface area (Å²) in [6.45, 7) is 3.98. The molecule has 1 amide bonds. The lowest BCUT2D eigenvalue weighted by Gasteiger charge is -2.10. The van der Waals surface area contributed by atoms with Gasteiger partial charge in [0.25, 0.3) is 5.91 Å². The molecule has 0 fully saturated rings. The second-order valence-corrected chi connectivity index (χ2v) is 7.17. The molecule has 0 aliphatic carbocycles. The molecule has 1 aliphatic heterocycles. The second-order valence-electron chi connectivity index (χ2n) is 6.22. The summed E-state index contributed by atoms with van der Waals surface area (Å²) in [6, 6.07) is 13.5. The Morgan fingerprint density at radius 1 is 1.12 bits per heavy atom. The van der Waals surface area contributed by atoms with Crippen molar-refractivity contribution < 1.29 is 4.79 Å². The number of para-hydroxylation sites is 1. The Kier molecular flexibility index (Phi) is 4.05. The van der Waals surface area contributed by atoms with Crippen molar-refractivity contribution in [3.63, 3.8) is 0 Å². The first-order valence-corrected chi connectivity index (χ1v) is 9.18. The van der Waals surface area contributed by atoms with Crippen molar-refractivity contribution in [2.45, 2.75) is 13.8 Å². The van der Waals surface area contributed by atoms with E-state index in [1.54, 1.807) is 16.0 Å². The Morgan fingerprint density at radius 3 is 2.50 bits per heavy atom. The molecule has 0 unspecified atom stereocenters. The molecular formula is C20H18N4OS. The fraction of sp³-hybridized carbons (Fsp3) is 0.150. The van der Waals surface area contributed by atoms with Crippen LogP contribution in [0.3, 0.4) is 0 Å². The first kappa shape index (κ1) is 16.5. The maximum absolute atomic E-state index is 13.2. The number of hydrogen-bond acceptors (Lipinski definition) is 4. The van der Waals surface area contributed by atoms with Crippen molar-refractivity contribution in [1.82, 2.24) is 9.78 Å². The Labute approximate surface area is 155 Å². The van der Waals surface area contributed by atoms with Gasteiger partial charge in [-0.05, 0) is 55.1 Å². The Hall–Kier alpha value is -2.99. The lowest BCUT2D eigenvalue weighted by Crippen LogP contribution is -2.21. The SMILES string of the molecule is Cc1cc(C2=NN(c3ccccc3)C(=O)C2=Cc2sccc2C)n(C)n1. The molecule has 3 aromatic rings. The topological polar surface area (TPSA) is 50.5 Å². The summed E-state index contributed by atoms with van der Waals surface area (Å²) in [5.41, 5.74) is 4.85. The zero-order valence-electron chi connectivity index (χ0n) is 14.8. The molecular weight excluding hydrogens is 344 g/mol. The van der Waals surface area contributed by atoms with Crippen LogP contribution < -0.4 is 5.01 Å². The molecule has 0 saturated carbocycles. The highest BCUT2D eigenvalue weighted by molar-refractivity contribution is 7.11. The number of rotatable bonds is 3. The van der Waals surface area contributed by atoms with E-state index in [4.69, 9.17) is 0 Å². The summed E-state index contributed by atoms with van der Waals surface area (Å²) in [4.78, 5) is 14.2. The van der Waals surface area contributed by atoms with Crippen LogP contribution in [0, 0.1) is 13.8 Å². The van der Waals surface area contributed by atoms with Gasteiger partial charge in [0.15, 0.2) is 0 Å². The summed E-state index contributed by atoms with van der Waals surface area (Å²) in [7, 11) is 1.87. The second kappa shape index (κ2) is 6.38. The van der Waals surface area contributed by atoms with Gasteiger partial charge in [0.05, 0.1) is 22.6 Å². The zero-order chi connectivity index (χ0) is 18.3. The molecule has 2 aromatic heterocycles. The smallest absolute Gasteiger partial charge is 0.267 e. The first-order chi connectivity index (χ1) is 12.5. The summed E-state index contributed by atoms with van der Waals surface area (Å²) in [5, 5.41) is 12.6. The van der Waals surface area contributed by atoms with E-state index in [0.29, 0.717) is 11.3 Å². The van der Waals surface area contributed by atoms with Crippen molar-refractivity contribution in [1.29, 1.82) is 0 Å². The number of carbonyl (C=O) groups excluding carboxylic acids is 1. The van der Waals surface area contributed by atoms with Crippen molar-refractivity contribution >= 4 is 34.7 Å². The number of amides is 1. The van der Waals surface area contributed by atoms with E-state index in [0.717, 1.165) is 27.5 Å². The van der Waals surface area contributed by atoms with E-state index >= 15 is 0 Å². The van der Waals surface area contributed by atoms with Gasteiger partial charge in [0, 0.05) is 11.9 Å². The molecule has 26 heavy (non-hydrogen) atoms. The van der Waals surface area contributed by atoms with E-state index < -0.39 is 0 Å². The molecule has 0 atom stereocenters. The third-order valence-electron chi connectivity index (χ3n) is 4.30. The predicted octanol–water partition coefficient (Wildman–Crippen LogP) is 3.93. The molecule has 3 heterocycles. The standard InChI is InChI=1S/C20H18N4OS/c1-13-9-10-26-18(13)12-16-19(17-11-14(2)21-23(17)3)22-24(20(16)25)15-7-5-4-6-8-15/h4-12H,1-3H3. The third kappa shape index (κ3) is 2.78. The molecule has 0 radical (unpaired) electrons. The number of thiophene rings is 1. The molecule has 6 heteroatoms. The number of aryl methyl sites for hydroxylation is 3. The largest absolute Gasteiger partial charge is 0.281 e. The van der Waals surface area contributed by atoms with Crippen LogP contribution >= 0.6 is 11.3 Å². The van der Waals surface area contributed by atoms with E-state index in [-0.39, 0.29) is 5.91 Å². The highest BCUT2D eigenvalue weighted by Gasteiger charge is 2.33. The molecule has 0 spiro atoms. The van der Waals surface area contributed by atoms with Crippen LogP contribution in [0.25, 0.3) is 6.08 Å². The van der Waals surface area contributed by atoms with Gasteiger partial charge in [-0.25, -0.2) is 0 Å². The number of hydrazone groups is 1. The maximum atomic E-state index is 13.2. The maximum Gasteiger partial charge on any atom is 0.281 e. The van der Waals surface area contributed by atoms with Gasteiger partial charge in [0.2, 0.25) is 0 Å². The number of aromatic nitrogens is 2. The number of anilines is 1. The van der Waals surface area contributed by atoms with Crippen LogP contribution in [0.4, 0.5) is 5.69 Å². The molecule has 5 nitrogen and oxygen atoms in total. The van der Waals surface area contributed by atoms with Gasteiger partial charge in [0.1, 0.15) is 5.71 Å². The molecule has 0 saturated heterocycles. The van der Waals surface area contributed by atoms with Gasteiger partial charge >= 0.3 is 0 Å². The number of nitrogens with zero attached hydrogens (tertiary/aromatic N) is 4. The molecule has 1 aliphatic rings. The zero-order valence-corrected chi connectivity index (χ0v) is 15.6. The normalized spacial score (nSPS) is 15.8. The lowest BCUT2D eigenvalue weighted by molar-refractivity contribution is -0.114. The Morgan fingerprint density at radius 2 is 1.88 bits per heavy atom. The minimum absolute atomic E-state index is 0.127. The van der Waals surface area contributed by atoms with Crippen LogP contribution in [-0.2, 0) is 11.8 Å². The molecule has 4 rings (SSSR count). The third-order valence-corrected chi connectivity index (χ3v) is 5.27. The van der Waals surface area contributed by atoms with Gasteiger partial charge in [-0.3, -0.25) is 9.48 Å². The minimum atomic E-state index is -0.127. The van der Waals surface area contributed by atoms with E-state index in [2.05, 4.69) is 16.3 Å². The fourth-order valence-electron chi connectivity index (χ4n) is 2.97. The molecule has 1 aromatic carbocycles. The van der Waals surface area contributed by atoms with Crippen LogP contribution in [0.5, 0.6) is 0 Å². The molecule has 0 N–H and O–H groups in total. The van der Waals surface area contributed by atoms with Gasteiger partial charge in [-0.1, -0.05) is 18.2 Å². The van der Waals surface area contributed by atoms with Gasteiger partial charge in [-0.2, -0.15) is 15.2 Å². The van der Waals surface area contributed by atoms with Crippen molar-refractivity contribution in [3.05, 3.63) is 75.2 Å². The van der Waals surface area contributed by atoms with Crippen LogP contribution in [0.1, 0.15) is 21.8 Å². The average Bonchev–Trinajstić information content (AvgIpc) is 3.28. The minimum Gasteiger partial charge on any atom is -0.267 e. The fourth-order valence-corrected chi connectivity index (χ4v) is 3.83. The van der Waals surface area contributed by atoms with Crippen molar-refractivity contribution in [2.24, 2.45) is 12.1 Å². The average molecular weight is 362 g/mol. The predicted molar refractivity (Wildman–Crippen MR) is 105 cm³/mol. The Balaban J connectivity index is 1.87. The quantitative estimate of drug-likeness (QED) is 0.663. The van der Waals surface area contributed by atoms with E-state index in [9.17, 15) is 4.79 Å². The summed E-state index contributed by atoms with van der Waals surface area (Å²) in [5.74, 6) is -0.127. The molecule has 130 valence electrons. The highest BCUT2D eigenvalue weighted by Crippen LogP contribution is 2.29. The number of hydrogen-bond donors (Lipinski definition) is 0. The van der Waals surface area contributed by atoms with Gasteiger partial charge in [-0.15, -0.1) is 11.3 Å². The van der Waals surface area contributed by atoms with Crippen LogP contribution in [0.2, 0.25) is 0 Å². The van der Waals surface area contributed by atoms with Crippen molar-refractivity contribution in [3.8, 4) is 0 Å². The first-order valence-electron chi connectivity index (χ1n) is 8.30. The lowest BCUT2D eigenvalue weighted by atomic mass is 10.1. The summed E-state index contributed by atoms with van der Waals surface area (Å²) in [6.07, 6.45) is 1.94. The van der Waals surface area contributed by atoms with Crippen LogP contribution in [-0.4, -0.2) is 21.4 Å². The van der Waals surface area contributed by atoms with Crippen molar-refractivity contribution in [2.75, 3.05) is 5.01 Å². The van der Waals surface area contributed by atoms with E-state index in [1.165, 1.54) is 5.01 Å². The Bertz CT molecular complexity index is 1040. The molecule has 0 bridgehead atoms. The number of carbonyl (C=O) groups is 1. The van der Waals surface area contributed by atoms with Crippen LogP contribution in [0.15, 0.2) is 58.5 Å². The van der Waals surface area contributed by atoms with Gasteiger partial charge < -0.3 is 0 Å². The number of benzene rings is 1. The van der Waals surface area contributed by atoms with E-state index in [1.807, 2.05) is 68.7 Å². The highest BCUT2D eigenvalue weighted by atomic mass is 32.1.